The van der Waals surface area contributed by atoms with Crippen molar-refractivity contribution in [3.63, 3.8) is 0 Å². The summed E-state index contributed by atoms with van der Waals surface area (Å²) >= 11 is 0. The molecule has 0 atom stereocenters. The van der Waals surface area contributed by atoms with Crippen LogP contribution in [0.5, 0.6) is 5.75 Å². The van der Waals surface area contributed by atoms with Gasteiger partial charge in [-0.25, -0.2) is 4.98 Å². The molecule has 0 spiro atoms. The van der Waals surface area contributed by atoms with E-state index in [0.717, 1.165) is 16.8 Å². The van der Waals surface area contributed by atoms with Gasteiger partial charge in [-0.2, -0.15) is 0 Å². The molecule has 0 bridgehead atoms. The topological polar surface area (TPSA) is 61.6 Å². The zero-order valence-corrected chi connectivity index (χ0v) is 10.2. The number of fused-ring (bicyclic) bond motifs is 1. The maximum absolute atomic E-state index is 11.1. The van der Waals surface area contributed by atoms with Crippen molar-refractivity contribution in [2.75, 3.05) is 13.2 Å². The molecule has 5 heteroatoms. The lowest BCUT2D eigenvalue weighted by molar-refractivity contribution is -0.143. The van der Waals surface area contributed by atoms with E-state index < -0.39 is 0 Å². The van der Waals surface area contributed by atoms with Crippen molar-refractivity contribution in [3.05, 3.63) is 24.6 Å². The summed E-state index contributed by atoms with van der Waals surface area (Å²) in [6, 6.07) is 5.43. The third-order valence-electron chi connectivity index (χ3n) is 2.40. The van der Waals surface area contributed by atoms with Gasteiger partial charge in [0.1, 0.15) is 11.3 Å². The number of aromatic nitrogens is 1. The van der Waals surface area contributed by atoms with Gasteiger partial charge in [-0.05, 0) is 25.5 Å². The highest BCUT2D eigenvalue weighted by atomic mass is 16.5. The number of nitrogens with zero attached hydrogens (tertiary/aromatic N) is 1. The molecule has 0 radical (unpaired) electrons. The molecule has 0 saturated heterocycles. The van der Waals surface area contributed by atoms with E-state index in [2.05, 4.69) is 4.98 Å². The van der Waals surface area contributed by atoms with Crippen LogP contribution in [0.15, 0.2) is 29.0 Å². The average molecular weight is 249 g/mol. The SMILES string of the molecule is CCOC(=O)CCCOc1ccc2ocnc2c1. The maximum Gasteiger partial charge on any atom is 0.305 e. The van der Waals surface area contributed by atoms with Gasteiger partial charge in [0.15, 0.2) is 12.0 Å². The molecule has 0 amide bonds. The smallest absolute Gasteiger partial charge is 0.305 e. The highest BCUT2D eigenvalue weighted by Gasteiger charge is 2.03. The van der Waals surface area contributed by atoms with Gasteiger partial charge in [0, 0.05) is 12.5 Å². The minimum atomic E-state index is -0.187. The predicted octanol–water partition coefficient (Wildman–Crippen LogP) is 2.55. The van der Waals surface area contributed by atoms with E-state index in [4.69, 9.17) is 13.9 Å². The number of ether oxygens (including phenoxy) is 2. The monoisotopic (exact) mass is 249 g/mol. The number of carbonyl (C=O) groups excluding carboxylic acids is 1. The summed E-state index contributed by atoms with van der Waals surface area (Å²) in [4.78, 5) is 15.1. The van der Waals surface area contributed by atoms with E-state index >= 15 is 0 Å². The molecule has 0 N–H and O–H groups in total. The lowest BCUT2D eigenvalue weighted by atomic mass is 10.3. The molecular weight excluding hydrogens is 234 g/mol. The Kier molecular flexibility index (Phi) is 4.17. The van der Waals surface area contributed by atoms with E-state index in [1.807, 2.05) is 18.2 Å². The summed E-state index contributed by atoms with van der Waals surface area (Å²) in [5, 5.41) is 0. The summed E-state index contributed by atoms with van der Waals surface area (Å²) < 4.78 is 15.5. The highest BCUT2D eigenvalue weighted by molar-refractivity contribution is 5.73. The molecule has 0 aliphatic heterocycles. The first-order valence-corrected chi connectivity index (χ1v) is 5.91. The lowest BCUT2D eigenvalue weighted by Gasteiger charge is -2.05. The number of oxazole rings is 1. The van der Waals surface area contributed by atoms with Crippen molar-refractivity contribution < 1.29 is 18.7 Å². The van der Waals surface area contributed by atoms with Gasteiger partial charge in [-0.15, -0.1) is 0 Å². The van der Waals surface area contributed by atoms with Crippen molar-refractivity contribution in [1.29, 1.82) is 0 Å². The predicted molar refractivity (Wildman–Crippen MR) is 65.4 cm³/mol. The van der Waals surface area contributed by atoms with Crippen molar-refractivity contribution >= 4 is 17.1 Å². The average Bonchev–Trinajstić information content (AvgIpc) is 2.82. The summed E-state index contributed by atoms with van der Waals surface area (Å²) in [6.45, 7) is 2.69. The molecule has 1 aromatic carbocycles. The van der Waals surface area contributed by atoms with Crippen LogP contribution in [0.25, 0.3) is 11.1 Å². The van der Waals surface area contributed by atoms with E-state index in [1.54, 1.807) is 6.92 Å². The van der Waals surface area contributed by atoms with Crippen molar-refractivity contribution in [1.82, 2.24) is 4.98 Å². The Morgan fingerprint density at radius 2 is 2.33 bits per heavy atom. The first kappa shape index (κ1) is 12.4. The quantitative estimate of drug-likeness (QED) is 0.581. The van der Waals surface area contributed by atoms with Crippen LogP contribution in [0.4, 0.5) is 0 Å². The Morgan fingerprint density at radius 1 is 1.44 bits per heavy atom. The first-order valence-electron chi connectivity index (χ1n) is 5.91. The molecule has 18 heavy (non-hydrogen) atoms. The van der Waals surface area contributed by atoms with Crippen LogP contribution in [-0.2, 0) is 9.53 Å². The largest absolute Gasteiger partial charge is 0.493 e. The summed E-state index contributed by atoms with van der Waals surface area (Å²) in [6.07, 6.45) is 2.41. The zero-order valence-electron chi connectivity index (χ0n) is 10.2. The Bertz CT molecular complexity index is 520. The highest BCUT2D eigenvalue weighted by Crippen LogP contribution is 2.19. The molecule has 0 saturated carbocycles. The second-order valence-corrected chi connectivity index (χ2v) is 3.74. The van der Waals surface area contributed by atoms with Gasteiger partial charge in [0.05, 0.1) is 13.2 Å². The molecule has 2 rings (SSSR count). The normalized spacial score (nSPS) is 10.5. The molecule has 5 nitrogen and oxygen atoms in total. The minimum absolute atomic E-state index is 0.187. The van der Waals surface area contributed by atoms with E-state index in [1.165, 1.54) is 6.39 Å². The van der Waals surface area contributed by atoms with Crippen LogP contribution >= 0.6 is 0 Å². The van der Waals surface area contributed by atoms with Crippen LogP contribution in [0.2, 0.25) is 0 Å². The molecule has 0 unspecified atom stereocenters. The number of benzene rings is 1. The fraction of sp³-hybridized carbons (Fsp3) is 0.385. The zero-order chi connectivity index (χ0) is 12.8. The molecule has 0 aliphatic rings. The molecular formula is C13H15NO4. The van der Waals surface area contributed by atoms with Gasteiger partial charge in [-0.3, -0.25) is 4.79 Å². The maximum atomic E-state index is 11.1. The Hall–Kier alpha value is -2.04. The van der Waals surface area contributed by atoms with E-state index in [9.17, 15) is 4.79 Å². The number of hydrogen-bond donors (Lipinski definition) is 0. The second-order valence-electron chi connectivity index (χ2n) is 3.74. The van der Waals surface area contributed by atoms with Crippen LogP contribution in [0, 0.1) is 0 Å². The molecule has 2 aromatic rings. The second kappa shape index (κ2) is 6.05. The summed E-state index contributed by atoms with van der Waals surface area (Å²) in [5.74, 6) is 0.535. The van der Waals surface area contributed by atoms with Crippen molar-refractivity contribution in [2.24, 2.45) is 0 Å². The van der Waals surface area contributed by atoms with Crippen LogP contribution in [0.3, 0.4) is 0 Å². The fourth-order valence-electron chi connectivity index (χ4n) is 1.57. The van der Waals surface area contributed by atoms with Gasteiger partial charge in [0.2, 0.25) is 0 Å². The van der Waals surface area contributed by atoms with E-state index in [0.29, 0.717) is 26.1 Å². The summed E-state index contributed by atoms with van der Waals surface area (Å²) in [7, 11) is 0. The Balaban J connectivity index is 1.77. The van der Waals surface area contributed by atoms with E-state index in [-0.39, 0.29) is 5.97 Å². The van der Waals surface area contributed by atoms with Gasteiger partial charge < -0.3 is 13.9 Å². The standard InChI is InChI=1S/C13H15NO4/c1-2-16-13(15)4-3-7-17-10-5-6-12-11(8-10)14-9-18-12/h5-6,8-9H,2-4,7H2,1H3. The molecule has 96 valence electrons. The Labute approximate surface area is 105 Å². The number of hydrogen-bond acceptors (Lipinski definition) is 5. The van der Waals surface area contributed by atoms with Crippen LogP contribution in [0.1, 0.15) is 19.8 Å². The van der Waals surface area contributed by atoms with Crippen LogP contribution in [-0.4, -0.2) is 24.2 Å². The van der Waals surface area contributed by atoms with Crippen molar-refractivity contribution in [3.8, 4) is 5.75 Å². The minimum Gasteiger partial charge on any atom is -0.493 e. The third-order valence-corrected chi connectivity index (χ3v) is 2.40. The van der Waals surface area contributed by atoms with Gasteiger partial charge >= 0.3 is 5.97 Å². The fourth-order valence-corrected chi connectivity index (χ4v) is 1.57. The third kappa shape index (κ3) is 3.23. The molecule has 0 aliphatic carbocycles. The van der Waals surface area contributed by atoms with Gasteiger partial charge in [0.25, 0.3) is 0 Å². The molecule has 0 fully saturated rings. The molecule has 1 heterocycles. The van der Waals surface area contributed by atoms with Crippen molar-refractivity contribution in [2.45, 2.75) is 19.8 Å². The number of rotatable bonds is 6. The van der Waals surface area contributed by atoms with Gasteiger partial charge in [-0.1, -0.05) is 0 Å². The Morgan fingerprint density at radius 3 is 3.17 bits per heavy atom. The summed E-state index contributed by atoms with van der Waals surface area (Å²) in [5.41, 5.74) is 1.49. The van der Waals surface area contributed by atoms with Crippen LogP contribution < -0.4 is 4.74 Å². The number of esters is 1. The number of carbonyl (C=O) groups is 1. The molecule has 1 aromatic heterocycles. The first-order chi connectivity index (χ1) is 8.79. The lowest BCUT2D eigenvalue weighted by Crippen LogP contribution is -2.06.